The third-order valence-electron chi connectivity index (χ3n) is 4.76. The minimum absolute atomic E-state index is 0.0376. The number of ether oxygens (including phenoxy) is 1. The number of hydrogen-bond donors (Lipinski definition) is 2. The molecule has 1 saturated heterocycles. The highest BCUT2D eigenvalue weighted by molar-refractivity contribution is 4.99. The summed E-state index contributed by atoms with van der Waals surface area (Å²) >= 11 is 0. The first-order chi connectivity index (χ1) is 8.21. The van der Waals surface area contributed by atoms with Gasteiger partial charge in [0.25, 0.3) is 0 Å². The molecule has 1 saturated carbocycles. The van der Waals surface area contributed by atoms with Gasteiger partial charge in [-0.2, -0.15) is 0 Å². The summed E-state index contributed by atoms with van der Waals surface area (Å²) < 4.78 is 5.42. The summed E-state index contributed by atoms with van der Waals surface area (Å²) in [4.78, 5) is 2.53. The van der Waals surface area contributed by atoms with E-state index in [-0.39, 0.29) is 12.1 Å². The van der Waals surface area contributed by atoms with Crippen molar-refractivity contribution in [2.24, 2.45) is 0 Å². The molecule has 1 aliphatic heterocycles. The normalized spacial score (nSPS) is 35.6. The van der Waals surface area contributed by atoms with E-state index in [1.165, 1.54) is 6.42 Å². The number of hydrogen-bond acceptors (Lipinski definition) is 4. The summed E-state index contributed by atoms with van der Waals surface area (Å²) in [5, 5.41) is 12.8. The molecular weight excluding hydrogens is 216 g/mol. The van der Waals surface area contributed by atoms with Gasteiger partial charge in [0.1, 0.15) is 0 Å². The van der Waals surface area contributed by atoms with Crippen molar-refractivity contribution in [1.82, 2.24) is 10.2 Å². The molecule has 100 valence electrons. The van der Waals surface area contributed by atoms with Crippen LogP contribution in [-0.2, 0) is 4.74 Å². The molecule has 2 N–H and O–H groups in total. The van der Waals surface area contributed by atoms with E-state index in [0.29, 0.717) is 12.1 Å². The molecule has 2 rings (SSSR count). The van der Waals surface area contributed by atoms with Gasteiger partial charge in [-0.3, -0.25) is 0 Å². The molecule has 0 aromatic carbocycles. The van der Waals surface area contributed by atoms with Crippen LogP contribution in [0.3, 0.4) is 0 Å². The van der Waals surface area contributed by atoms with Crippen LogP contribution >= 0.6 is 0 Å². The maximum Gasteiger partial charge on any atom is 0.0613 e. The summed E-state index contributed by atoms with van der Waals surface area (Å²) in [5.74, 6) is 0. The second kappa shape index (κ2) is 5.65. The Morgan fingerprint density at radius 3 is 2.53 bits per heavy atom. The number of nitrogens with zero attached hydrogens (tertiary/aromatic N) is 1. The van der Waals surface area contributed by atoms with E-state index in [1.54, 1.807) is 0 Å². The summed E-state index contributed by atoms with van der Waals surface area (Å²) in [7, 11) is 4.21. The lowest BCUT2D eigenvalue weighted by Crippen LogP contribution is -2.47. The van der Waals surface area contributed by atoms with Gasteiger partial charge in [-0.1, -0.05) is 0 Å². The highest BCUT2D eigenvalue weighted by atomic mass is 16.5. The Balaban J connectivity index is 1.90. The van der Waals surface area contributed by atoms with Gasteiger partial charge in [0.05, 0.1) is 6.61 Å². The fourth-order valence-electron chi connectivity index (χ4n) is 3.29. The zero-order valence-corrected chi connectivity index (χ0v) is 11.1. The van der Waals surface area contributed by atoms with Crippen LogP contribution in [0.15, 0.2) is 0 Å². The average Bonchev–Trinajstić information content (AvgIpc) is 2.84. The van der Waals surface area contributed by atoms with Gasteiger partial charge in [0, 0.05) is 30.8 Å². The largest absolute Gasteiger partial charge is 0.394 e. The summed E-state index contributed by atoms with van der Waals surface area (Å²) in [6.07, 6.45) is 5.64. The Morgan fingerprint density at radius 1 is 1.29 bits per heavy atom. The Bertz CT molecular complexity index is 238. The van der Waals surface area contributed by atoms with Crippen molar-refractivity contribution >= 4 is 0 Å². The number of aliphatic hydroxyl groups is 1. The van der Waals surface area contributed by atoms with Crippen molar-refractivity contribution in [3.63, 3.8) is 0 Å². The molecule has 0 aromatic heterocycles. The quantitative estimate of drug-likeness (QED) is 0.758. The second-order valence-corrected chi connectivity index (χ2v) is 5.59. The van der Waals surface area contributed by atoms with E-state index in [1.807, 2.05) is 7.05 Å². The lowest BCUT2D eigenvalue weighted by atomic mass is 9.98. The predicted molar refractivity (Wildman–Crippen MR) is 68.1 cm³/mol. The Morgan fingerprint density at radius 2 is 2.00 bits per heavy atom. The van der Waals surface area contributed by atoms with Crippen LogP contribution < -0.4 is 5.32 Å². The average molecular weight is 242 g/mol. The highest BCUT2D eigenvalue weighted by Gasteiger charge is 2.40. The first-order valence-corrected chi connectivity index (χ1v) is 6.80. The van der Waals surface area contributed by atoms with Crippen LogP contribution in [0.25, 0.3) is 0 Å². The van der Waals surface area contributed by atoms with Crippen LogP contribution in [0.1, 0.15) is 32.1 Å². The number of aliphatic hydroxyl groups excluding tert-OH is 1. The molecular formula is C13H26N2O2. The predicted octanol–water partition coefficient (Wildman–Crippen LogP) is 0.600. The van der Waals surface area contributed by atoms with Gasteiger partial charge in [0.15, 0.2) is 0 Å². The second-order valence-electron chi connectivity index (χ2n) is 5.59. The monoisotopic (exact) mass is 242 g/mol. The van der Waals surface area contributed by atoms with Crippen LogP contribution in [0, 0.1) is 0 Å². The zero-order chi connectivity index (χ0) is 12.3. The van der Waals surface area contributed by atoms with Crippen molar-refractivity contribution in [1.29, 1.82) is 0 Å². The molecule has 2 atom stereocenters. The van der Waals surface area contributed by atoms with Crippen molar-refractivity contribution < 1.29 is 9.84 Å². The van der Waals surface area contributed by atoms with Gasteiger partial charge in [-0.05, 0) is 46.2 Å². The minimum atomic E-state index is -0.0376. The van der Waals surface area contributed by atoms with Crippen molar-refractivity contribution in [2.75, 3.05) is 33.9 Å². The molecule has 1 heterocycles. The van der Waals surface area contributed by atoms with E-state index in [2.05, 4.69) is 17.3 Å². The van der Waals surface area contributed by atoms with Crippen LogP contribution in [-0.4, -0.2) is 61.5 Å². The maximum atomic E-state index is 9.53. The smallest absolute Gasteiger partial charge is 0.0613 e. The molecule has 4 nitrogen and oxygen atoms in total. The fraction of sp³-hybridized carbons (Fsp3) is 1.00. The Labute approximate surface area is 104 Å². The Kier molecular flexibility index (Phi) is 4.42. The molecule has 2 unspecified atom stereocenters. The first kappa shape index (κ1) is 13.3. The van der Waals surface area contributed by atoms with Crippen molar-refractivity contribution in [3.05, 3.63) is 0 Å². The molecule has 2 aliphatic rings. The lowest BCUT2D eigenvalue weighted by molar-refractivity contribution is 0.0273. The molecule has 0 aromatic rings. The van der Waals surface area contributed by atoms with Gasteiger partial charge in [-0.25, -0.2) is 0 Å². The van der Waals surface area contributed by atoms with E-state index in [4.69, 9.17) is 4.74 Å². The summed E-state index contributed by atoms with van der Waals surface area (Å²) in [6.45, 7) is 2.05. The molecule has 0 amide bonds. The molecule has 0 radical (unpaired) electrons. The SMILES string of the molecule is CNC1(CO)CCC(N(C)C2CCOCC2)C1. The highest BCUT2D eigenvalue weighted by Crippen LogP contribution is 2.33. The third-order valence-corrected chi connectivity index (χ3v) is 4.76. The van der Waals surface area contributed by atoms with E-state index < -0.39 is 0 Å². The van der Waals surface area contributed by atoms with E-state index >= 15 is 0 Å². The lowest BCUT2D eigenvalue weighted by Gasteiger charge is -2.36. The number of likely N-dealkylation sites (N-methyl/N-ethyl adjacent to an activating group) is 1. The standard InChI is InChI=1S/C13H26N2O2/c1-14-13(10-16)6-3-12(9-13)15(2)11-4-7-17-8-5-11/h11-12,14,16H,3-10H2,1-2H3. The molecule has 17 heavy (non-hydrogen) atoms. The molecule has 1 aliphatic carbocycles. The Hall–Kier alpha value is -0.160. The van der Waals surface area contributed by atoms with Crippen LogP contribution in [0.2, 0.25) is 0 Å². The molecule has 0 spiro atoms. The zero-order valence-electron chi connectivity index (χ0n) is 11.1. The van der Waals surface area contributed by atoms with Crippen LogP contribution in [0.5, 0.6) is 0 Å². The van der Waals surface area contributed by atoms with Gasteiger partial charge < -0.3 is 20.1 Å². The van der Waals surface area contributed by atoms with Gasteiger partial charge >= 0.3 is 0 Å². The summed E-state index contributed by atoms with van der Waals surface area (Å²) in [5.41, 5.74) is -0.0376. The van der Waals surface area contributed by atoms with Gasteiger partial charge in [0.2, 0.25) is 0 Å². The first-order valence-electron chi connectivity index (χ1n) is 6.80. The minimum Gasteiger partial charge on any atom is -0.394 e. The van der Waals surface area contributed by atoms with Crippen molar-refractivity contribution in [2.45, 2.75) is 49.7 Å². The van der Waals surface area contributed by atoms with E-state index in [0.717, 1.165) is 38.9 Å². The third kappa shape index (κ3) is 2.81. The molecule has 4 heteroatoms. The number of rotatable bonds is 4. The maximum absolute atomic E-state index is 9.53. The number of nitrogens with one attached hydrogen (secondary N) is 1. The molecule has 0 bridgehead atoms. The fourth-order valence-corrected chi connectivity index (χ4v) is 3.29. The van der Waals surface area contributed by atoms with Gasteiger partial charge in [-0.15, -0.1) is 0 Å². The van der Waals surface area contributed by atoms with E-state index in [9.17, 15) is 5.11 Å². The summed E-state index contributed by atoms with van der Waals surface area (Å²) in [6, 6.07) is 1.28. The van der Waals surface area contributed by atoms with Crippen molar-refractivity contribution in [3.8, 4) is 0 Å². The van der Waals surface area contributed by atoms with Crippen LogP contribution in [0.4, 0.5) is 0 Å². The molecule has 2 fully saturated rings. The topological polar surface area (TPSA) is 44.7 Å².